The van der Waals surface area contributed by atoms with Crippen LogP contribution in [0.5, 0.6) is 0 Å². The molecule has 2 aromatic carbocycles. The van der Waals surface area contributed by atoms with Crippen LogP contribution < -0.4 is 0 Å². The summed E-state index contributed by atoms with van der Waals surface area (Å²) in [5.74, 6) is -2.73. The molecule has 0 bridgehead atoms. The van der Waals surface area contributed by atoms with Gasteiger partial charge in [-0.1, -0.05) is 34.1 Å². The van der Waals surface area contributed by atoms with Gasteiger partial charge in [0.05, 0.1) is 18.0 Å². The highest BCUT2D eigenvalue weighted by Gasteiger charge is 2.22. The van der Waals surface area contributed by atoms with Crippen LogP contribution in [-0.4, -0.2) is 0 Å². The van der Waals surface area contributed by atoms with Crippen molar-refractivity contribution < 1.29 is 17.9 Å². The Labute approximate surface area is 122 Å². The van der Waals surface area contributed by atoms with Crippen LogP contribution in [0.2, 0.25) is 0 Å². The second-order valence-electron chi connectivity index (χ2n) is 4.67. The highest BCUT2D eigenvalue weighted by Crippen LogP contribution is 2.36. The predicted molar refractivity (Wildman–Crippen MR) is 72.0 cm³/mol. The van der Waals surface area contributed by atoms with Crippen molar-refractivity contribution in [2.45, 2.75) is 18.0 Å². The van der Waals surface area contributed by atoms with E-state index in [0.29, 0.717) is 30.9 Å². The van der Waals surface area contributed by atoms with Crippen LogP contribution in [0.15, 0.2) is 30.3 Å². The lowest BCUT2D eigenvalue weighted by Gasteiger charge is -2.14. The van der Waals surface area contributed by atoms with E-state index in [1.165, 1.54) is 0 Å². The molecule has 0 aliphatic carbocycles. The molecule has 0 saturated heterocycles. The third-order valence-electron chi connectivity index (χ3n) is 3.34. The molecule has 1 aliphatic heterocycles. The summed E-state index contributed by atoms with van der Waals surface area (Å²) < 4.78 is 45.8. The molecular formula is C15H10BrF3O. The largest absolute Gasteiger partial charge is 0.372 e. The van der Waals surface area contributed by atoms with E-state index in [1.807, 2.05) is 12.1 Å². The van der Waals surface area contributed by atoms with Crippen molar-refractivity contribution in [2.75, 3.05) is 0 Å². The van der Waals surface area contributed by atoms with Crippen LogP contribution in [0, 0.1) is 17.5 Å². The first-order valence-corrected chi connectivity index (χ1v) is 6.96. The van der Waals surface area contributed by atoms with Gasteiger partial charge in [0.2, 0.25) is 0 Å². The highest BCUT2D eigenvalue weighted by molar-refractivity contribution is 9.09. The zero-order valence-electron chi connectivity index (χ0n) is 10.3. The van der Waals surface area contributed by atoms with Gasteiger partial charge in [-0.05, 0) is 16.7 Å². The fourth-order valence-electron chi connectivity index (χ4n) is 2.31. The van der Waals surface area contributed by atoms with Gasteiger partial charge >= 0.3 is 0 Å². The average Bonchev–Trinajstić information content (AvgIpc) is 2.84. The number of rotatable bonds is 2. The molecule has 20 heavy (non-hydrogen) atoms. The van der Waals surface area contributed by atoms with Gasteiger partial charge in [-0.2, -0.15) is 0 Å². The summed E-state index contributed by atoms with van der Waals surface area (Å²) in [6, 6.07) is 6.89. The Morgan fingerprint density at radius 3 is 2.30 bits per heavy atom. The molecule has 1 nitrogen and oxygen atoms in total. The Balaban J connectivity index is 2.03. The van der Waals surface area contributed by atoms with Crippen LogP contribution >= 0.6 is 15.9 Å². The Kier molecular flexibility index (Phi) is 3.56. The molecule has 0 amide bonds. The SMILES string of the molecule is Fc1cc(F)c(C(Br)c2ccc3c(c2)COC3)c(F)c1. The summed E-state index contributed by atoms with van der Waals surface area (Å²) in [7, 11) is 0. The van der Waals surface area contributed by atoms with Gasteiger partial charge in [0.25, 0.3) is 0 Å². The second kappa shape index (κ2) is 5.22. The average molecular weight is 343 g/mol. The van der Waals surface area contributed by atoms with E-state index in [-0.39, 0.29) is 5.56 Å². The predicted octanol–water partition coefficient (Wildman–Crippen LogP) is 4.62. The molecule has 0 spiro atoms. The smallest absolute Gasteiger partial charge is 0.133 e. The van der Waals surface area contributed by atoms with E-state index in [4.69, 9.17) is 4.74 Å². The summed E-state index contributed by atoms with van der Waals surface area (Å²) in [5, 5.41) is 0. The van der Waals surface area contributed by atoms with Crippen molar-refractivity contribution in [3.63, 3.8) is 0 Å². The van der Waals surface area contributed by atoms with E-state index in [9.17, 15) is 13.2 Å². The molecule has 1 atom stereocenters. The maximum atomic E-state index is 13.8. The maximum absolute atomic E-state index is 13.8. The summed E-state index contributed by atoms with van der Waals surface area (Å²) in [6.45, 7) is 1.05. The van der Waals surface area contributed by atoms with Crippen LogP contribution in [0.1, 0.15) is 27.1 Å². The van der Waals surface area contributed by atoms with Crippen LogP contribution in [0.25, 0.3) is 0 Å². The molecule has 2 aromatic rings. The topological polar surface area (TPSA) is 9.23 Å². The minimum absolute atomic E-state index is 0.190. The van der Waals surface area contributed by atoms with Crippen LogP contribution in [0.3, 0.4) is 0 Å². The van der Waals surface area contributed by atoms with Crippen molar-refractivity contribution in [2.24, 2.45) is 0 Å². The number of alkyl halides is 1. The Morgan fingerprint density at radius 2 is 1.60 bits per heavy atom. The fourth-order valence-corrected chi connectivity index (χ4v) is 3.03. The summed E-state index contributed by atoms with van der Waals surface area (Å²) >= 11 is 3.29. The summed E-state index contributed by atoms with van der Waals surface area (Å²) in [4.78, 5) is -0.672. The lowest BCUT2D eigenvalue weighted by Crippen LogP contribution is -2.02. The van der Waals surface area contributed by atoms with Crippen molar-refractivity contribution in [3.8, 4) is 0 Å². The summed E-state index contributed by atoms with van der Waals surface area (Å²) in [5.41, 5.74) is 2.60. The van der Waals surface area contributed by atoms with E-state index in [2.05, 4.69) is 15.9 Å². The van der Waals surface area contributed by atoms with Crippen molar-refractivity contribution in [3.05, 3.63) is 70.0 Å². The molecule has 1 heterocycles. The number of fused-ring (bicyclic) bond motifs is 1. The van der Waals surface area contributed by atoms with E-state index in [1.54, 1.807) is 6.07 Å². The van der Waals surface area contributed by atoms with E-state index < -0.39 is 22.3 Å². The minimum atomic E-state index is -0.925. The van der Waals surface area contributed by atoms with E-state index >= 15 is 0 Å². The number of benzene rings is 2. The van der Waals surface area contributed by atoms with Gasteiger partial charge in [-0.3, -0.25) is 0 Å². The van der Waals surface area contributed by atoms with Gasteiger partial charge in [-0.15, -0.1) is 0 Å². The third kappa shape index (κ3) is 2.36. The fraction of sp³-hybridized carbons (Fsp3) is 0.200. The standard InChI is InChI=1S/C15H10BrF3O/c16-15(14-12(18)4-11(17)5-13(14)19)8-1-2-9-6-20-7-10(9)3-8/h1-5,15H,6-7H2. The number of hydrogen-bond donors (Lipinski definition) is 0. The van der Waals surface area contributed by atoms with Gasteiger partial charge in [-0.25, -0.2) is 13.2 Å². The minimum Gasteiger partial charge on any atom is -0.372 e. The van der Waals surface area contributed by atoms with Gasteiger partial charge < -0.3 is 4.74 Å². The zero-order valence-corrected chi connectivity index (χ0v) is 11.9. The molecule has 1 unspecified atom stereocenters. The Morgan fingerprint density at radius 1 is 0.950 bits per heavy atom. The maximum Gasteiger partial charge on any atom is 0.133 e. The monoisotopic (exact) mass is 342 g/mol. The second-order valence-corrected chi connectivity index (χ2v) is 5.58. The first kappa shape index (κ1) is 13.6. The molecule has 0 fully saturated rings. The molecule has 3 rings (SSSR count). The third-order valence-corrected chi connectivity index (χ3v) is 4.32. The van der Waals surface area contributed by atoms with Crippen molar-refractivity contribution in [1.82, 2.24) is 0 Å². The number of ether oxygens (including phenoxy) is 1. The van der Waals surface area contributed by atoms with Crippen molar-refractivity contribution in [1.29, 1.82) is 0 Å². The molecule has 104 valence electrons. The van der Waals surface area contributed by atoms with Crippen LogP contribution in [-0.2, 0) is 18.0 Å². The molecule has 0 aromatic heterocycles. The Bertz CT molecular complexity index is 649. The zero-order chi connectivity index (χ0) is 14.3. The summed E-state index contributed by atoms with van der Waals surface area (Å²) in [6.07, 6.45) is 0. The molecule has 0 radical (unpaired) electrons. The highest BCUT2D eigenvalue weighted by atomic mass is 79.9. The lowest BCUT2D eigenvalue weighted by atomic mass is 9.99. The molecular weight excluding hydrogens is 333 g/mol. The van der Waals surface area contributed by atoms with Crippen LogP contribution in [0.4, 0.5) is 13.2 Å². The van der Waals surface area contributed by atoms with Gasteiger partial charge in [0.1, 0.15) is 17.5 Å². The van der Waals surface area contributed by atoms with E-state index in [0.717, 1.165) is 11.1 Å². The number of hydrogen-bond acceptors (Lipinski definition) is 1. The molecule has 0 saturated carbocycles. The van der Waals surface area contributed by atoms with Gasteiger partial charge in [0.15, 0.2) is 0 Å². The normalized spacial score (nSPS) is 15.2. The molecule has 0 N–H and O–H groups in total. The first-order chi connectivity index (χ1) is 9.56. The van der Waals surface area contributed by atoms with Gasteiger partial charge in [0, 0.05) is 17.7 Å². The Hall–Kier alpha value is -1.33. The molecule has 5 heteroatoms. The molecule has 1 aliphatic rings. The lowest BCUT2D eigenvalue weighted by molar-refractivity contribution is 0.134. The van der Waals surface area contributed by atoms with Crippen molar-refractivity contribution >= 4 is 15.9 Å². The first-order valence-electron chi connectivity index (χ1n) is 6.04. The number of halogens is 4. The quantitative estimate of drug-likeness (QED) is 0.723.